The Hall–Kier alpha value is -2.61. The molecule has 148 valence electrons. The number of aromatic nitrogens is 3. The Balaban J connectivity index is 1.48. The molecular formula is C20H25N5O2S. The largest absolute Gasteiger partial charge is 0.497 e. The number of imidazole rings is 1. The van der Waals surface area contributed by atoms with Gasteiger partial charge in [-0.05, 0) is 43.5 Å². The average Bonchev–Trinajstić information content (AvgIpc) is 3.31. The molecule has 1 fully saturated rings. The average molecular weight is 400 g/mol. The third-order valence-corrected chi connectivity index (χ3v) is 6.01. The van der Waals surface area contributed by atoms with Crippen molar-refractivity contribution >= 4 is 27.3 Å². The molecule has 3 aromatic rings. The number of nitrogens with one attached hydrogen (secondary N) is 1. The number of fused-ring (bicyclic) bond motifs is 1. The molecule has 0 radical (unpaired) electrons. The highest BCUT2D eigenvalue weighted by molar-refractivity contribution is 7.20. The van der Waals surface area contributed by atoms with Crippen molar-refractivity contribution in [1.29, 1.82) is 0 Å². The van der Waals surface area contributed by atoms with Crippen LogP contribution in [0.3, 0.4) is 0 Å². The van der Waals surface area contributed by atoms with E-state index in [1.165, 1.54) is 0 Å². The minimum atomic E-state index is 0.0337. The zero-order valence-corrected chi connectivity index (χ0v) is 17.0. The van der Waals surface area contributed by atoms with Crippen LogP contribution in [0.2, 0.25) is 0 Å². The van der Waals surface area contributed by atoms with Crippen LogP contribution in [0.25, 0.3) is 16.2 Å². The summed E-state index contributed by atoms with van der Waals surface area (Å²) >= 11 is 1.57. The van der Waals surface area contributed by atoms with E-state index in [4.69, 9.17) is 14.8 Å². The van der Waals surface area contributed by atoms with E-state index in [0.29, 0.717) is 0 Å². The minimum Gasteiger partial charge on any atom is -0.497 e. The summed E-state index contributed by atoms with van der Waals surface area (Å²) in [4.78, 5) is 20.1. The highest BCUT2D eigenvalue weighted by atomic mass is 32.1. The summed E-state index contributed by atoms with van der Waals surface area (Å²) in [6, 6.07) is 7.85. The minimum absolute atomic E-state index is 0.0337. The third kappa shape index (κ3) is 3.82. The number of carbonyl (C=O) groups excluding carboxylic acids is 1. The zero-order chi connectivity index (χ0) is 19.5. The van der Waals surface area contributed by atoms with Crippen LogP contribution in [0, 0.1) is 5.92 Å². The lowest BCUT2D eigenvalue weighted by Crippen LogP contribution is -2.43. The first-order valence-electron chi connectivity index (χ1n) is 9.71. The Morgan fingerprint density at radius 3 is 2.89 bits per heavy atom. The van der Waals surface area contributed by atoms with Crippen molar-refractivity contribution in [2.75, 3.05) is 31.6 Å². The van der Waals surface area contributed by atoms with Gasteiger partial charge in [0.25, 0.3) is 0 Å². The fourth-order valence-electron chi connectivity index (χ4n) is 3.48. The number of ether oxygens (including phenoxy) is 1. The molecular weight excluding hydrogens is 374 g/mol. The maximum absolute atomic E-state index is 12.3. The fourth-order valence-corrected chi connectivity index (χ4v) is 4.39. The zero-order valence-electron chi connectivity index (χ0n) is 16.2. The molecule has 7 nitrogen and oxygen atoms in total. The quantitative estimate of drug-likeness (QED) is 0.689. The Bertz CT molecular complexity index is 918. The number of amides is 1. The van der Waals surface area contributed by atoms with Crippen molar-refractivity contribution < 1.29 is 9.53 Å². The molecule has 28 heavy (non-hydrogen) atoms. The van der Waals surface area contributed by atoms with Gasteiger partial charge in [0.2, 0.25) is 16.0 Å². The lowest BCUT2D eigenvalue weighted by Gasteiger charge is -2.31. The van der Waals surface area contributed by atoms with Crippen LogP contribution in [0.1, 0.15) is 26.2 Å². The first kappa shape index (κ1) is 18.7. The van der Waals surface area contributed by atoms with Crippen LogP contribution >= 0.6 is 11.3 Å². The molecule has 0 saturated carbocycles. The van der Waals surface area contributed by atoms with Gasteiger partial charge in [0.15, 0.2) is 0 Å². The van der Waals surface area contributed by atoms with E-state index in [0.717, 1.165) is 66.0 Å². The van der Waals surface area contributed by atoms with Gasteiger partial charge >= 0.3 is 0 Å². The van der Waals surface area contributed by atoms with Crippen LogP contribution in [0.15, 0.2) is 30.5 Å². The van der Waals surface area contributed by atoms with Gasteiger partial charge in [-0.2, -0.15) is 0 Å². The van der Waals surface area contributed by atoms with Gasteiger partial charge in [0.05, 0.1) is 24.9 Å². The molecule has 8 heteroatoms. The molecule has 4 rings (SSSR count). The topological polar surface area (TPSA) is 71.8 Å². The third-order valence-electron chi connectivity index (χ3n) is 5.03. The first-order chi connectivity index (χ1) is 13.7. The van der Waals surface area contributed by atoms with E-state index in [1.807, 2.05) is 35.0 Å². The number of benzene rings is 1. The Morgan fingerprint density at radius 2 is 2.18 bits per heavy atom. The normalized spacial score (nSPS) is 17.1. The SMILES string of the molecule is CCCNC(=O)[C@@H]1CCCN(c2nn3cc(-c4ccc(OC)cc4)nc3s2)C1. The second kappa shape index (κ2) is 8.18. The molecule has 1 aromatic carbocycles. The molecule has 0 spiro atoms. The van der Waals surface area contributed by atoms with Gasteiger partial charge in [-0.25, -0.2) is 9.50 Å². The van der Waals surface area contributed by atoms with E-state index in [2.05, 4.69) is 17.1 Å². The van der Waals surface area contributed by atoms with Crippen molar-refractivity contribution in [1.82, 2.24) is 19.9 Å². The van der Waals surface area contributed by atoms with E-state index in [9.17, 15) is 4.79 Å². The molecule has 1 saturated heterocycles. The lowest BCUT2D eigenvalue weighted by molar-refractivity contribution is -0.125. The summed E-state index contributed by atoms with van der Waals surface area (Å²) in [5.41, 5.74) is 1.93. The van der Waals surface area contributed by atoms with E-state index in [-0.39, 0.29) is 11.8 Å². The van der Waals surface area contributed by atoms with Crippen molar-refractivity contribution in [2.45, 2.75) is 26.2 Å². The fraction of sp³-hybridized carbons (Fsp3) is 0.450. The van der Waals surface area contributed by atoms with E-state index in [1.54, 1.807) is 18.4 Å². The first-order valence-corrected chi connectivity index (χ1v) is 10.5. The van der Waals surface area contributed by atoms with Crippen molar-refractivity contribution in [3.8, 4) is 17.0 Å². The Morgan fingerprint density at radius 1 is 1.36 bits per heavy atom. The maximum atomic E-state index is 12.3. The van der Waals surface area contributed by atoms with Crippen LogP contribution < -0.4 is 15.0 Å². The van der Waals surface area contributed by atoms with E-state index < -0.39 is 0 Å². The summed E-state index contributed by atoms with van der Waals surface area (Å²) in [5.74, 6) is 1.02. The van der Waals surface area contributed by atoms with Gasteiger partial charge in [0.1, 0.15) is 5.75 Å². The number of carbonyl (C=O) groups is 1. The van der Waals surface area contributed by atoms with Crippen LogP contribution in [0.4, 0.5) is 5.13 Å². The van der Waals surface area contributed by atoms with Crippen LogP contribution in [-0.4, -0.2) is 47.2 Å². The second-order valence-electron chi connectivity index (χ2n) is 7.04. The molecule has 0 aliphatic carbocycles. The van der Waals surface area contributed by atoms with Gasteiger partial charge in [0, 0.05) is 25.2 Å². The summed E-state index contributed by atoms with van der Waals surface area (Å²) in [6.07, 6.45) is 4.86. The molecule has 1 aliphatic rings. The molecule has 0 bridgehead atoms. The predicted molar refractivity (Wildman–Crippen MR) is 111 cm³/mol. The van der Waals surface area contributed by atoms with Crippen molar-refractivity contribution in [3.05, 3.63) is 30.5 Å². The highest BCUT2D eigenvalue weighted by Crippen LogP contribution is 2.30. The highest BCUT2D eigenvalue weighted by Gasteiger charge is 2.27. The monoisotopic (exact) mass is 399 g/mol. The number of hydrogen-bond acceptors (Lipinski definition) is 6. The summed E-state index contributed by atoms with van der Waals surface area (Å²) in [7, 11) is 1.66. The van der Waals surface area contributed by atoms with Crippen LogP contribution in [0.5, 0.6) is 5.75 Å². The number of methoxy groups -OCH3 is 1. The predicted octanol–water partition coefficient (Wildman–Crippen LogP) is 3.21. The molecule has 3 heterocycles. The summed E-state index contributed by atoms with van der Waals surface area (Å²) < 4.78 is 7.04. The summed E-state index contributed by atoms with van der Waals surface area (Å²) in [6.45, 7) is 4.46. The molecule has 1 atom stereocenters. The number of piperidine rings is 1. The number of hydrogen-bond donors (Lipinski definition) is 1. The molecule has 1 amide bonds. The maximum Gasteiger partial charge on any atom is 0.224 e. The molecule has 1 N–H and O–H groups in total. The van der Waals surface area contributed by atoms with Gasteiger partial charge in [-0.1, -0.05) is 18.3 Å². The van der Waals surface area contributed by atoms with Gasteiger partial charge in [-0.15, -0.1) is 5.10 Å². The number of nitrogens with zero attached hydrogens (tertiary/aromatic N) is 4. The smallest absolute Gasteiger partial charge is 0.224 e. The Labute approximate surface area is 168 Å². The Kier molecular flexibility index (Phi) is 5.47. The van der Waals surface area contributed by atoms with E-state index >= 15 is 0 Å². The molecule has 1 aliphatic heterocycles. The lowest BCUT2D eigenvalue weighted by atomic mass is 9.97. The second-order valence-corrected chi connectivity index (χ2v) is 7.98. The van der Waals surface area contributed by atoms with Crippen LogP contribution in [-0.2, 0) is 4.79 Å². The number of anilines is 1. The molecule has 0 unspecified atom stereocenters. The van der Waals surface area contributed by atoms with Gasteiger partial charge < -0.3 is 15.0 Å². The molecule has 2 aromatic heterocycles. The standard InChI is InChI=1S/C20H25N5O2S/c1-3-10-21-18(26)15-5-4-11-24(12-15)20-23-25-13-17(22-19(25)28-20)14-6-8-16(27-2)9-7-14/h6-9,13,15H,3-5,10-12H2,1-2H3,(H,21,26)/t15-/m1/s1. The van der Waals surface area contributed by atoms with Gasteiger partial charge in [-0.3, -0.25) is 4.79 Å². The van der Waals surface area contributed by atoms with Crippen molar-refractivity contribution in [3.63, 3.8) is 0 Å². The summed E-state index contributed by atoms with van der Waals surface area (Å²) in [5, 5.41) is 8.66. The van der Waals surface area contributed by atoms with Crippen molar-refractivity contribution in [2.24, 2.45) is 5.92 Å². The number of rotatable bonds is 6.